The van der Waals surface area contributed by atoms with Crippen LogP contribution in [-0.4, -0.2) is 14.5 Å². The highest BCUT2D eigenvalue weighted by Crippen LogP contribution is 2.36. The van der Waals surface area contributed by atoms with Crippen molar-refractivity contribution in [3.05, 3.63) is 23.7 Å². The summed E-state index contributed by atoms with van der Waals surface area (Å²) in [4.78, 5) is 9.30. The maximum atomic E-state index is 6.12. The Balaban J connectivity index is 2.04. The van der Waals surface area contributed by atoms with Crippen molar-refractivity contribution in [2.75, 3.05) is 0 Å². The molecule has 0 N–H and O–H groups in total. The van der Waals surface area contributed by atoms with Crippen LogP contribution in [0.15, 0.2) is 12.3 Å². The Hall–Kier alpha value is -1.09. The van der Waals surface area contributed by atoms with E-state index in [1.807, 2.05) is 6.20 Å². The molecule has 0 aromatic carbocycles. The molecule has 2 unspecified atom stereocenters. The van der Waals surface area contributed by atoms with Gasteiger partial charge in [-0.3, -0.25) is 0 Å². The van der Waals surface area contributed by atoms with Gasteiger partial charge in [0.1, 0.15) is 11.3 Å². The van der Waals surface area contributed by atoms with Crippen molar-refractivity contribution < 1.29 is 0 Å². The van der Waals surface area contributed by atoms with Gasteiger partial charge in [0.05, 0.1) is 5.88 Å². The lowest BCUT2D eigenvalue weighted by atomic mass is 9.84. The molecule has 2 heterocycles. The molecule has 0 amide bonds. The third-order valence-electron chi connectivity index (χ3n) is 4.56. The number of imidazole rings is 1. The summed E-state index contributed by atoms with van der Waals surface area (Å²) in [6.45, 7) is 4.35. The number of hydrogen-bond donors (Lipinski definition) is 0. The average molecular weight is 292 g/mol. The Morgan fingerprint density at radius 1 is 1.40 bits per heavy atom. The predicted octanol–water partition coefficient (Wildman–Crippen LogP) is 4.62. The molecule has 2 aromatic rings. The normalized spacial score (nSPS) is 23.4. The lowest BCUT2D eigenvalue weighted by Crippen LogP contribution is -2.20. The smallest absolute Gasteiger partial charge is 0.160 e. The molecule has 0 radical (unpaired) electrons. The van der Waals surface area contributed by atoms with Crippen molar-refractivity contribution in [3.63, 3.8) is 0 Å². The zero-order valence-electron chi connectivity index (χ0n) is 12.3. The second kappa shape index (κ2) is 5.72. The molecule has 20 heavy (non-hydrogen) atoms. The standard InChI is InChI=1S/C16H22ClN3/c1-3-12-5-4-6-13(8-12)20-15(9-17)19-14-7-11(2)10-18-16(14)20/h7,10,12-13H,3-6,8-9H2,1-2H3. The van der Waals surface area contributed by atoms with Crippen molar-refractivity contribution >= 4 is 22.8 Å². The first-order chi connectivity index (χ1) is 9.72. The van der Waals surface area contributed by atoms with E-state index in [-0.39, 0.29) is 0 Å². The van der Waals surface area contributed by atoms with E-state index in [2.05, 4.69) is 34.4 Å². The first-order valence-corrected chi connectivity index (χ1v) is 8.15. The molecule has 1 aliphatic rings. The van der Waals surface area contributed by atoms with Gasteiger partial charge in [0, 0.05) is 12.2 Å². The SMILES string of the molecule is CCC1CCCC(n2c(CCl)nc3cc(C)cnc32)C1. The van der Waals surface area contributed by atoms with Crippen LogP contribution in [-0.2, 0) is 5.88 Å². The van der Waals surface area contributed by atoms with Crippen LogP contribution < -0.4 is 0 Å². The van der Waals surface area contributed by atoms with Gasteiger partial charge in [0.25, 0.3) is 0 Å². The molecular weight excluding hydrogens is 270 g/mol. The molecule has 1 fully saturated rings. The molecule has 0 spiro atoms. The van der Waals surface area contributed by atoms with Gasteiger partial charge >= 0.3 is 0 Å². The average Bonchev–Trinajstić information content (AvgIpc) is 2.84. The minimum atomic E-state index is 0.461. The van der Waals surface area contributed by atoms with Crippen LogP contribution in [0.5, 0.6) is 0 Å². The Morgan fingerprint density at radius 2 is 2.25 bits per heavy atom. The fourth-order valence-corrected chi connectivity index (χ4v) is 3.66. The summed E-state index contributed by atoms with van der Waals surface area (Å²) < 4.78 is 2.31. The topological polar surface area (TPSA) is 30.7 Å². The minimum absolute atomic E-state index is 0.461. The van der Waals surface area contributed by atoms with E-state index in [4.69, 9.17) is 11.6 Å². The summed E-state index contributed by atoms with van der Waals surface area (Å²) in [5.74, 6) is 2.27. The maximum absolute atomic E-state index is 6.12. The Morgan fingerprint density at radius 3 is 3.00 bits per heavy atom. The quantitative estimate of drug-likeness (QED) is 0.773. The highest BCUT2D eigenvalue weighted by atomic mass is 35.5. The monoisotopic (exact) mass is 291 g/mol. The van der Waals surface area contributed by atoms with Crippen molar-refractivity contribution in [1.82, 2.24) is 14.5 Å². The molecule has 0 bridgehead atoms. The molecule has 3 rings (SSSR count). The molecule has 1 aliphatic carbocycles. The molecular formula is C16H22ClN3. The fraction of sp³-hybridized carbons (Fsp3) is 0.625. The molecule has 108 valence electrons. The first-order valence-electron chi connectivity index (χ1n) is 7.62. The Bertz CT molecular complexity index is 605. The van der Waals surface area contributed by atoms with Crippen LogP contribution in [0.2, 0.25) is 0 Å². The van der Waals surface area contributed by atoms with E-state index in [1.165, 1.54) is 32.1 Å². The van der Waals surface area contributed by atoms with E-state index < -0.39 is 0 Å². The van der Waals surface area contributed by atoms with Crippen LogP contribution in [0, 0.1) is 12.8 Å². The molecule has 4 heteroatoms. The summed E-state index contributed by atoms with van der Waals surface area (Å²) in [7, 11) is 0. The number of aromatic nitrogens is 3. The van der Waals surface area contributed by atoms with E-state index in [0.29, 0.717) is 11.9 Å². The van der Waals surface area contributed by atoms with Crippen molar-refractivity contribution in [1.29, 1.82) is 0 Å². The number of rotatable bonds is 3. The minimum Gasteiger partial charge on any atom is -0.309 e. The van der Waals surface area contributed by atoms with E-state index in [0.717, 1.165) is 28.5 Å². The van der Waals surface area contributed by atoms with Crippen LogP contribution in [0.1, 0.15) is 56.5 Å². The highest BCUT2D eigenvalue weighted by Gasteiger charge is 2.26. The lowest BCUT2D eigenvalue weighted by molar-refractivity contribution is 0.262. The predicted molar refractivity (Wildman–Crippen MR) is 83.1 cm³/mol. The number of alkyl halides is 1. The summed E-state index contributed by atoms with van der Waals surface area (Å²) in [5.41, 5.74) is 3.14. The van der Waals surface area contributed by atoms with Gasteiger partial charge in [-0.1, -0.05) is 26.2 Å². The van der Waals surface area contributed by atoms with Gasteiger partial charge in [-0.15, -0.1) is 11.6 Å². The lowest BCUT2D eigenvalue weighted by Gasteiger charge is -2.30. The van der Waals surface area contributed by atoms with Crippen LogP contribution >= 0.6 is 11.6 Å². The summed E-state index contributed by atoms with van der Waals surface area (Å²) in [6.07, 6.45) is 8.33. The van der Waals surface area contributed by atoms with E-state index in [1.54, 1.807) is 0 Å². The van der Waals surface area contributed by atoms with Crippen LogP contribution in [0.25, 0.3) is 11.2 Å². The van der Waals surface area contributed by atoms with Gasteiger partial charge in [-0.25, -0.2) is 9.97 Å². The Labute approximate surface area is 125 Å². The zero-order chi connectivity index (χ0) is 14.1. The molecule has 2 aromatic heterocycles. The third kappa shape index (κ3) is 2.44. The van der Waals surface area contributed by atoms with Gasteiger partial charge in [0.2, 0.25) is 0 Å². The van der Waals surface area contributed by atoms with Gasteiger partial charge in [0.15, 0.2) is 5.65 Å². The van der Waals surface area contributed by atoms with Crippen LogP contribution in [0.4, 0.5) is 0 Å². The molecule has 2 atom stereocenters. The third-order valence-corrected chi connectivity index (χ3v) is 4.80. The van der Waals surface area contributed by atoms with E-state index >= 15 is 0 Å². The summed E-state index contributed by atoms with van der Waals surface area (Å²) in [6, 6.07) is 2.62. The van der Waals surface area contributed by atoms with Crippen molar-refractivity contribution in [2.24, 2.45) is 5.92 Å². The summed E-state index contributed by atoms with van der Waals surface area (Å²) in [5, 5.41) is 0. The first kappa shape index (κ1) is 13.9. The molecule has 1 saturated carbocycles. The number of hydrogen-bond acceptors (Lipinski definition) is 2. The van der Waals surface area contributed by atoms with Gasteiger partial charge in [-0.2, -0.15) is 0 Å². The van der Waals surface area contributed by atoms with Crippen molar-refractivity contribution in [2.45, 2.75) is 57.9 Å². The highest BCUT2D eigenvalue weighted by molar-refractivity contribution is 6.16. The van der Waals surface area contributed by atoms with Crippen LogP contribution in [0.3, 0.4) is 0 Å². The number of pyridine rings is 1. The number of aryl methyl sites for hydroxylation is 1. The molecule has 3 nitrogen and oxygen atoms in total. The largest absolute Gasteiger partial charge is 0.309 e. The van der Waals surface area contributed by atoms with Gasteiger partial charge < -0.3 is 4.57 Å². The van der Waals surface area contributed by atoms with E-state index in [9.17, 15) is 0 Å². The fourth-order valence-electron chi connectivity index (χ4n) is 3.48. The second-order valence-corrected chi connectivity index (χ2v) is 6.25. The second-order valence-electron chi connectivity index (χ2n) is 5.98. The Kier molecular flexibility index (Phi) is 3.97. The van der Waals surface area contributed by atoms with Crippen molar-refractivity contribution in [3.8, 4) is 0 Å². The molecule has 0 aliphatic heterocycles. The maximum Gasteiger partial charge on any atom is 0.160 e. The summed E-state index contributed by atoms with van der Waals surface area (Å²) >= 11 is 6.12. The number of fused-ring (bicyclic) bond motifs is 1. The number of nitrogens with zero attached hydrogens (tertiary/aromatic N) is 3. The van der Waals surface area contributed by atoms with Gasteiger partial charge in [-0.05, 0) is 37.3 Å². The zero-order valence-corrected chi connectivity index (χ0v) is 13.0. The molecule has 0 saturated heterocycles. The number of halogens is 1.